The van der Waals surface area contributed by atoms with Gasteiger partial charge in [-0.15, -0.1) is 0 Å². The number of nitrogens with two attached hydrogens (primary N) is 1. The van der Waals surface area contributed by atoms with Gasteiger partial charge in [-0.25, -0.2) is 18.4 Å². The predicted octanol–water partition coefficient (Wildman–Crippen LogP) is 9.04. The number of sulfonamides is 1. The molecule has 0 aliphatic carbocycles. The Morgan fingerprint density at radius 1 is 0.691 bits per heavy atom. The second-order valence-electron chi connectivity index (χ2n) is 12.1. The lowest BCUT2D eigenvalue weighted by Gasteiger charge is -2.26. The molecule has 0 unspecified atom stereocenters. The van der Waals surface area contributed by atoms with Crippen molar-refractivity contribution >= 4 is 49.5 Å². The first-order valence-electron chi connectivity index (χ1n) is 18.1. The van der Waals surface area contributed by atoms with Gasteiger partial charge in [-0.3, -0.25) is 0 Å². The van der Waals surface area contributed by atoms with E-state index in [9.17, 15) is 26.4 Å². The van der Waals surface area contributed by atoms with Crippen LogP contribution in [0, 0.1) is 0 Å². The van der Waals surface area contributed by atoms with E-state index in [4.69, 9.17) is 9.84 Å². The first-order valence-corrected chi connectivity index (χ1v) is 19.6. The molecule has 0 saturated carbocycles. The van der Waals surface area contributed by atoms with E-state index in [1.54, 1.807) is 6.07 Å². The van der Waals surface area contributed by atoms with Crippen LogP contribution < -0.4 is 20.3 Å². The van der Waals surface area contributed by atoms with Crippen molar-refractivity contribution in [2.45, 2.75) is 46.0 Å². The third kappa shape index (κ3) is 11.2. The molecule has 0 fully saturated rings. The Balaban J connectivity index is 0.000000722. The Kier molecular flexibility index (Phi) is 16.5. The molecule has 0 aliphatic rings. The van der Waals surface area contributed by atoms with Crippen molar-refractivity contribution in [3.8, 4) is 0 Å². The Morgan fingerprint density at radius 3 is 1.56 bits per heavy atom. The number of esters is 1. The maximum Gasteiger partial charge on any atom is 0.511 e. The highest BCUT2D eigenvalue weighted by Gasteiger charge is 2.42. The highest BCUT2D eigenvalue weighted by molar-refractivity contribution is 7.90. The molecule has 0 bridgehead atoms. The summed E-state index contributed by atoms with van der Waals surface area (Å²) in [6.45, 7) is 14.9. The quantitative estimate of drug-likeness (QED) is 0.0799. The van der Waals surface area contributed by atoms with Gasteiger partial charge in [0.15, 0.2) is 0 Å². The molecular formula is C42H51F3N4O5S. The molecule has 13 heteroatoms. The SMILES string of the molecule is CCOC(=O)c1ccccc1Nc1ccc(C(c2ccc(N(CC)CC)cc2)c2ccc(N(CC)CC)cc2)c2ccccc12.CO.NS(=O)(=O)C(F)(F)F. The number of aliphatic hydroxyl groups is 1. The van der Waals surface area contributed by atoms with Gasteiger partial charge in [0, 0.05) is 61.7 Å². The molecule has 0 saturated heterocycles. The Labute approximate surface area is 322 Å². The van der Waals surface area contributed by atoms with Gasteiger partial charge in [0.2, 0.25) is 0 Å². The number of ether oxygens (including phenoxy) is 1. The molecule has 0 spiro atoms. The number of fused-ring (bicyclic) bond motifs is 1. The summed E-state index contributed by atoms with van der Waals surface area (Å²) >= 11 is 0. The Hall–Kier alpha value is -5.11. The summed E-state index contributed by atoms with van der Waals surface area (Å²) in [4.78, 5) is 17.5. The van der Waals surface area contributed by atoms with Crippen LogP contribution in [0.1, 0.15) is 67.6 Å². The summed E-state index contributed by atoms with van der Waals surface area (Å²) in [5.41, 5.74) is 3.09. The fraction of sp³-hybridized carbons (Fsp3) is 0.310. The van der Waals surface area contributed by atoms with E-state index in [-0.39, 0.29) is 11.9 Å². The van der Waals surface area contributed by atoms with E-state index < -0.39 is 15.5 Å². The first kappa shape index (κ1) is 44.3. The second kappa shape index (κ2) is 20.5. The number of alkyl halides is 3. The molecule has 0 radical (unpaired) electrons. The van der Waals surface area contributed by atoms with Crippen LogP contribution in [0.2, 0.25) is 0 Å². The lowest BCUT2D eigenvalue weighted by Crippen LogP contribution is -2.30. The van der Waals surface area contributed by atoms with Gasteiger partial charge in [0.05, 0.1) is 17.9 Å². The molecule has 9 nitrogen and oxygen atoms in total. The molecule has 0 aromatic heterocycles. The first-order chi connectivity index (χ1) is 26.3. The van der Waals surface area contributed by atoms with E-state index in [2.05, 4.69) is 133 Å². The number of halogens is 3. The van der Waals surface area contributed by atoms with Crippen LogP contribution in [0.4, 0.5) is 35.9 Å². The molecule has 5 aromatic rings. The van der Waals surface area contributed by atoms with Gasteiger partial charge in [-0.05, 0) is 99.2 Å². The second-order valence-corrected chi connectivity index (χ2v) is 13.6. The van der Waals surface area contributed by atoms with Crippen molar-refractivity contribution in [2.24, 2.45) is 5.14 Å². The van der Waals surface area contributed by atoms with Crippen LogP contribution in [0.5, 0.6) is 0 Å². The number of aliphatic hydroxyl groups excluding tert-OH is 1. The standard InChI is InChI=1S/C40H45N3O2.CH2F3NO2S.CH4O/c1-6-42(7-2)31-23-19-29(20-24-31)39(30-21-25-32(26-22-30)43(8-3)9-4)35-27-28-38(34-16-12-11-15-33(34)35)41-37-18-14-13-17-36(37)40(44)45-10-5;2-1(3,4)8(5,6)7;1-2/h11-28,39,41H,6-10H2,1-5H3;(H2,5,6,7);2H,1H3. The number of rotatable bonds is 13. The predicted molar refractivity (Wildman–Crippen MR) is 218 cm³/mol. The van der Waals surface area contributed by atoms with Gasteiger partial charge in [-0.1, -0.05) is 66.7 Å². The van der Waals surface area contributed by atoms with Crippen LogP contribution in [0.3, 0.4) is 0 Å². The normalized spacial score (nSPS) is 11.2. The van der Waals surface area contributed by atoms with Gasteiger partial charge >= 0.3 is 21.5 Å². The minimum atomic E-state index is -5.34. The van der Waals surface area contributed by atoms with Gasteiger partial charge in [-0.2, -0.15) is 13.2 Å². The molecule has 0 amide bonds. The van der Waals surface area contributed by atoms with Crippen LogP contribution >= 0.6 is 0 Å². The van der Waals surface area contributed by atoms with E-state index in [1.807, 2.05) is 25.1 Å². The van der Waals surface area contributed by atoms with Gasteiger partial charge in [0.1, 0.15) is 0 Å². The number of hydrogen-bond acceptors (Lipinski definition) is 8. The highest BCUT2D eigenvalue weighted by Crippen LogP contribution is 2.40. The van der Waals surface area contributed by atoms with E-state index in [0.717, 1.165) is 50.0 Å². The molecule has 0 aliphatic heterocycles. The lowest BCUT2D eigenvalue weighted by atomic mass is 9.82. The summed E-state index contributed by atoms with van der Waals surface area (Å²) in [5.74, 6) is -0.296. The largest absolute Gasteiger partial charge is 0.511 e. The summed E-state index contributed by atoms with van der Waals surface area (Å²) < 4.78 is 56.5. The number of para-hydroxylation sites is 1. The number of primary sulfonamides is 1. The molecule has 55 heavy (non-hydrogen) atoms. The number of benzene rings is 5. The number of anilines is 4. The van der Waals surface area contributed by atoms with E-state index >= 15 is 0 Å². The summed E-state index contributed by atoms with van der Waals surface area (Å²) in [7, 11) is -4.34. The van der Waals surface area contributed by atoms with Crippen molar-refractivity contribution in [3.05, 3.63) is 131 Å². The fourth-order valence-electron chi connectivity index (χ4n) is 6.29. The van der Waals surface area contributed by atoms with Crippen molar-refractivity contribution in [1.29, 1.82) is 0 Å². The van der Waals surface area contributed by atoms with Gasteiger partial charge in [0.25, 0.3) is 0 Å². The van der Waals surface area contributed by atoms with Crippen molar-refractivity contribution in [2.75, 3.05) is 55.0 Å². The Bertz CT molecular complexity index is 2010. The zero-order valence-electron chi connectivity index (χ0n) is 32.1. The van der Waals surface area contributed by atoms with E-state index in [0.29, 0.717) is 12.2 Å². The Morgan fingerprint density at radius 2 is 1.13 bits per heavy atom. The summed E-state index contributed by atoms with van der Waals surface area (Å²) in [6, 6.07) is 38.6. The van der Waals surface area contributed by atoms with Crippen molar-refractivity contribution in [3.63, 3.8) is 0 Å². The number of nitrogens with one attached hydrogen (secondary N) is 1. The third-order valence-corrected chi connectivity index (χ3v) is 9.64. The average Bonchev–Trinajstić information content (AvgIpc) is 3.18. The monoisotopic (exact) mass is 780 g/mol. The molecular weight excluding hydrogens is 730 g/mol. The van der Waals surface area contributed by atoms with Crippen LogP contribution in [0.25, 0.3) is 10.8 Å². The molecule has 5 aromatic carbocycles. The molecule has 0 heterocycles. The smallest absolute Gasteiger partial charge is 0.462 e. The zero-order valence-corrected chi connectivity index (χ0v) is 32.9. The van der Waals surface area contributed by atoms with Crippen molar-refractivity contribution < 1.29 is 36.2 Å². The van der Waals surface area contributed by atoms with Crippen LogP contribution in [-0.4, -0.2) is 64.9 Å². The van der Waals surface area contributed by atoms with E-state index in [1.165, 1.54) is 33.5 Å². The number of hydrogen-bond donors (Lipinski definition) is 3. The molecule has 296 valence electrons. The number of carbonyl (C=O) groups excluding carboxylic acids is 1. The van der Waals surface area contributed by atoms with Gasteiger partial charge < -0.3 is 25.0 Å². The van der Waals surface area contributed by atoms with Crippen molar-refractivity contribution in [1.82, 2.24) is 0 Å². The minimum Gasteiger partial charge on any atom is -0.462 e. The van der Waals surface area contributed by atoms with Crippen LogP contribution in [-0.2, 0) is 14.8 Å². The fourth-order valence-corrected chi connectivity index (χ4v) is 6.29. The molecule has 4 N–H and O–H groups in total. The molecule has 5 rings (SSSR count). The molecule has 0 atom stereocenters. The van der Waals surface area contributed by atoms with Crippen LogP contribution in [0.15, 0.2) is 109 Å². The zero-order chi connectivity index (χ0) is 40.8. The minimum absolute atomic E-state index is 0.0345. The maximum atomic E-state index is 12.7. The third-order valence-electron chi connectivity index (χ3n) is 8.99. The summed E-state index contributed by atoms with van der Waals surface area (Å²) in [6.07, 6.45) is 0. The highest BCUT2D eigenvalue weighted by atomic mass is 32.2. The number of nitrogens with zero attached hydrogens (tertiary/aromatic N) is 2. The number of carbonyl (C=O) groups is 1. The maximum absolute atomic E-state index is 12.7. The average molecular weight is 781 g/mol. The topological polar surface area (TPSA) is 125 Å². The summed E-state index contributed by atoms with van der Waals surface area (Å²) in [5, 5.41) is 16.5. The lowest BCUT2D eigenvalue weighted by molar-refractivity contribution is -0.0436.